The second kappa shape index (κ2) is 15.1. The number of nitrogens with zero attached hydrogens (tertiary/aromatic N) is 2. The normalized spacial score (nSPS) is 20.1. The van der Waals surface area contributed by atoms with Crippen molar-refractivity contribution >= 4 is 78.0 Å². The van der Waals surface area contributed by atoms with Gasteiger partial charge in [-0.2, -0.15) is 0 Å². The van der Waals surface area contributed by atoms with Crippen molar-refractivity contribution in [2.24, 2.45) is 0 Å². The smallest absolute Gasteiger partial charge is 0.264 e. The van der Waals surface area contributed by atoms with E-state index in [9.17, 15) is 0 Å². The van der Waals surface area contributed by atoms with Gasteiger partial charge in [-0.1, -0.05) is 147 Å². The van der Waals surface area contributed by atoms with Crippen LogP contribution in [0.3, 0.4) is 0 Å². The third-order valence-corrected chi connectivity index (χ3v) is 19.5. The van der Waals surface area contributed by atoms with Crippen molar-refractivity contribution in [1.82, 2.24) is 0 Å². The van der Waals surface area contributed by atoms with Crippen molar-refractivity contribution < 1.29 is 0 Å². The zero-order valence-electron chi connectivity index (χ0n) is 44.7. The van der Waals surface area contributed by atoms with Gasteiger partial charge in [0.1, 0.15) is 0 Å². The van der Waals surface area contributed by atoms with Crippen LogP contribution >= 0.6 is 11.3 Å². The zero-order valence-corrected chi connectivity index (χ0v) is 45.6. The van der Waals surface area contributed by atoms with Gasteiger partial charge in [0.25, 0.3) is 6.71 Å². The van der Waals surface area contributed by atoms with Crippen molar-refractivity contribution in [1.29, 1.82) is 0 Å². The molecule has 1 fully saturated rings. The highest BCUT2D eigenvalue weighted by Crippen LogP contribution is 2.56. The molecule has 1 aromatic heterocycles. The van der Waals surface area contributed by atoms with E-state index in [1.165, 1.54) is 151 Å². The standard InChI is InChI=1S/C64H79BN2S/c1-38-30-42(59(3,4)5)23-25-50(38)66-52-34-43(60(6,7)8)22-24-49(52)65-56-53(66)32-41(40-20-18-17-19-21-40)33-54(56)67(51-36-47-45(31-39(51)2)61(9,10)26-28-63(47,13)14)57-44-35-46-48(37-55(44)68-58(57)65)64(15,16)29-27-62(46,11)12/h22-25,30-37,40H,17-21,26-29H2,1-16H3. The third-order valence-electron chi connectivity index (χ3n) is 18.3. The molecule has 0 unspecified atom stereocenters. The van der Waals surface area contributed by atoms with E-state index in [2.05, 4.69) is 205 Å². The van der Waals surface area contributed by atoms with Gasteiger partial charge >= 0.3 is 0 Å². The molecule has 5 aliphatic rings. The molecule has 0 bridgehead atoms. The molecule has 0 atom stereocenters. The van der Waals surface area contributed by atoms with Gasteiger partial charge in [0, 0.05) is 43.3 Å². The highest BCUT2D eigenvalue weighted by Gasteiger charge is 2.48. The van der Waals surface area contributed by atoms with Gasteiger partial charge in [0.15, 0.2) is 0 Å². The fraction of sp³-hybridized carbons (Fsp3) is 0.500. The minimum absolute atomic E-state index is 0.00163. The monoisotopic (exact) mass is 919 g/mol. The molecule has 0 N–H and O–H groups in total. The lowest BCUT2D eigenvalue weighted by atomic mass is 9.36. The number of thiophene rings is 1. The van der Waals surface area contributed by atoms with Crippen LogP contribution in [0.2, 0.25) is 0 Å². The molecule has 0 spiro atoms. The Morgan fingerprint density at radius 3 is 1.62 bits per heavy atom. The minimum Gasteiger partial charge on any atom is -0.311 e. The SMILES string of the molecule is Cc1cc(C(C)(C)C)ccc1N1c2cc(C(C)(C)C)ccc2B2c3sc4cc5c(cc4c3N(c3cc4c(cc3C)C(C)(C)CCC4(C)C)c3cc(C4CCCCC4)cc1c32)C(C)(C)CCC5(C)C. The molecule has 6 aromatic rings. The van der Waals surface area contributed by atoms with Gasteiger partial charge in [-0.3, -0.25) is 0 Å². The van der Waals surface area contributed by atoms with Crippen LogP contribution in [-0.4, -0.2) is 6.71 Å². The first-order chi connectivity index (χ1) is 31.8. The quantitative estimate of drug-likeness (QED) is 0.163. The molecule has 0 amide bonds. The van der Waals surface area contributed by atoms with Crippen LogP contribution in [0, 0.1) is 13.8 Å². The number of rotatable bonds is 3. The second-order valence-corrected chi connectivity index (χ2v) is 28.2. The summed E-state index contributed by atoms with van der Waals surface area (Å²) in [5, 5.41) is 1.44. The number of fused-ring (bicyclic) bond motifs is 8. The predicted octanol–water partition coefficient (Wildman–Crippen LogP) is 16.9. The first-order valence-corrected chi connectivity index (χ1v) is 27.4. The summed E-state index contributed by atoms with van der Waals surface area (Å²) in [4.78, 5) is 5.58. The maximum Gasteiger partial charge on any atom is 0.264 e. The molecule has 3 aliphatic carbocycles. The van der Waals surface area contributed by atoms with Crippen molar-refractivity contribution in [2.75, 3.05) is 9.80 Å². The van der Waals surface area contributed by atoms with E-state index < -0.39 is 0 Å². The van der Waals surface area contributed by atoms with E-state index in [-0.39, 0.29) is 39.2 Å². The largest absolute Gasteiger partial charge is 0.311 e. The maximum absolute atomic E-state index is 2.85. The van der Waals surface area contributed by atoms with E-state index in [0.717, 1.165) is 0 Å². The summed E-state index contributed by atoms with van der Waals surface area (Å²) in [6.45, 7) is 39.1. The summed E-state index contributed by atoms with van der Waals surface area (Å²) in [5.74, 6) is 0.541. The zero-order chi connectivity index (χ0) is 48.4. The highest BCUT2D eigenvalue weighted by molar-refractivity contribution is 7.33. The van der Waals surface area contributed by atoms with E-state index in [4.69, 9.17) is 0 Å². The fourth-order valence-electron chi connectivity index (χ4n) is 13.5. The molecule has 4 heteroatoms. The van der Waals surface area contributed by atoms with Crippen LogP contribution in [0.1, 0.15) is 211 Å². The van der Waals surface area contributed by atoms with Crippen molar-refractivity contribution in [2.45, 2.75) is 207 Å². The van der Waals surface area contributed by atoms with Gasteiger partial charge < -0.3 is 9.80 Å². The molecular formula is C64H79BN2S. The van der Waals surface area contributed by atoms with Crippen LogP contribution in [0.4, 0.5) is 34.1 Å². The van der Waals surface area contributed by atoms with Gasteiger partial charge in [-0.05, 0) is 194 Å². The Morgan fingerprint density at radius 2 is 1.03 bits per heavy atom. The molecule has 0 radical (unpaired) electrons. The topological polar surface area (TPSA) is 6.48 Å². The summed E-state index contributed by atoms with van der Waals surface area (Å²) in [5.41, 5.74) is 24.8. The number of aryl methyl sites for hydroxylation is 2. The lowest BCUT2D eigenvalue weighted by Crippen LogP contribution is -2.60. The minimum atomic E-state index is -0.00163. The van der Waals surface area contributed by atoms with Gasteiger partial charge in [-0.15, -0.1) is 11.3 Å². The Hall–Kier alpha value is -4.28. The van der Waals surface area contributed by atoms with Gasteiger partial charge in [-0.25, -0.2) is 0 Å². The van der Waals surface area contributed by atoms with Crippen LogP contribution in [0.15, 0.2) is 72.8 Å². The molecule has 5 aromatic carbocycles. The molecule has 11 rings (SSSR count). The van der Waals surface area contributed by atoms with Crippen LogP contribution in [0.25, 0.3) is 10.1 Å². The molecule has 354 valence electrons. The Balaban J connectivity index is 1.30. The molecule has 2 aliphatic heterocycles. The predicted molar refractivity (Wildman–Crippen MR) is 299 cm³/mol. The van der Waals surface area contributed by atoms with Crippen molar-refractivity contribution in [3.8, 4) is 0 Å². The summed E-state index contributed by atoms with van der Waals surface area (Å²) in [6.07, 6.45) is 11.3. The molecular weight excluding hydrogens is 840 g/mol. The lowest BCUT2D eigenvalue weighted by molar-refractivity contribution is 0.332. The summed E-state index contributed by atoms with van der Waals surface area (Å²) >= 11 is 2.10. The van der Waals surface area contributed by atoms with Crippen molar-refractivity contribution in [3.63, 3.8) is 0 Å². The van der Waals surface area contributed by atoms with Gasteiger partial charge in [0.2, 0.25) is 0 Å². The average molecular weight is 919 g/mol. The van der Waals surface area contributed by atoms with E-state index in [1.54, 1.807) is 16.7 Å². The number of hydrogen-bond donors (Lipinski definition) is 0. The lowest BCUT2D eigenvalue weighted by Gasteiger charge is -2.46. The maximum atomic E-state index is 2.85. The summed E-state index contributed by atoms with van der Waals surface area (Å²) in [7, 11) is 0. The number of benzene rings is 5. The highest BCUT2D eigenvalue weighted by atomic mass is 32.1. The third kappa shape index (κ3) is 7.05. The van der Waals surface area contributed by atoms with Crippen molar-refractivity contribution in [3.05, 3.63) is 123 Å². The van der Waals surface area contributed by atoms with Crippen LogP contribution in [-0.2, 0) is 32.5 Å². The Kier molecular flexibility index (Phi) is 10.3. The Labute approximate surface area is 415 Å². The first-order valence-electron chi connectivity index (χ1n) is 26.6. The molecule has 1 saturated carbocycles. The number of hydrogen-bond acceptors (Lipinski definition) is 3. The molecule has 2 nitrogen and oxygen atoms in total. The summed E-state index contributed by atoms with van der Waals surface area (Å²) < 4.78 is 2.94. The van der Waals surface area contributed by atoms with E-state index in [0.29, 0.717) is 5.92 Å². The summed E-state index contributed by atoms with van der Waals surface area (Å²) in [6, 6.07) is 31.0. The van der Waals surface area contributed by atoms with Gasteiger partial charge in [0.05, 0.1) is 5.69 Å². The average Bonchev–Trinajstić information content (AvgIpc) is 3.64. The van der Waals surface area contributed by atoms with Crippen LogP contribution < -0.4 is 25.5 Å². The molecule has 0 saturated heterocycles. The van der Waals surface area contributed by atoms with Crippen LogP contribution in [0.5, 0.6) is 0 Å². The van der Waals surface area contributed by atoms with E-state index in [1.807, 2.05) is 0 Å². The second-order valence-electron chi connectivity index (χ2n) is 27.1. The molecule has 3 heterocycles. The Morgan fingerprint density at radius 1 is 0.515 bits per heavy atom. The van der Waals surface area contributed by atoms with E-state index >= 15 is 0 Å². The molecule has 68 heavy (non-hydrogen) atoms. The first kappa shape index (κ1) is 46.1. The number of anilines is 6. The fourth-order valence-corrected chi connectivity index (χ4v) is 14.9. The Bertz CT molecular complexity index is 3060.